The summed E-state index contributed by atoms with van der Waals surface area (Å²) in [5.41, 5.74) is -0.131. The summed E-state index contributed by atoms with van der Waals surface area (Å²) >= 11 is 0. The van der Waals surface area contributed by atoms with Crippen molar-refractivity contribution < 1.29 is 13.6 Å². The molecule has 0 N–H and O–H groups in total. The third kappa shape index (κ3) is 2.26. The Labute approximate surface area is 71.1 Å². The highest BCUT2D eigenvalue weighted by Gasteiger charge is 2.33. The van der Waals surface area contributed by atoms with E-state index in [2.05, 4.69) is 0 Å². The summed E-state index contributed by atoms with van der Waals surface area (Å²) < 4.78 is 23.8. The van der Waals surface area contributed by atoms with E-state index in [1.165, 1.54) is 0 Å². The van der Waals surface area contributed by atoms with Gasteiger partial charge in [0.2, 0.25) is 0 Å². The van der Waals surface area contributed by atoms with Gasteiger partial charge in [-0.2, -0.15) is 0 Å². The minimum absolute atomic E-state index is 0.0602. The quantitative estimate of drug-likeness (QED) is 0.646. The number of hydrogen-bond acceptors (Lipinski definition) is 1. The molecule has 1 saturated carbocycles. The Balaban J connectivity index is 2.44. The Morgan fingerprint density at radius 1 is 1.42 bits per heavy atom. The average molecular weight is 176 g/mol. The summed E-state index contributed by atoms with van der Waals surface area (Å²) in [5.74, 6) is -0.889. The van der Waals surface area contributed by atoms with Crippen molar-refractivity contribution in [1.82, 2.24) is 0 Å². The van der Waals surface area contributed by atoms with Gasteiger partial charge in [0.05, 0.1) is 0 Å². The van der Waals surface area contributed by atoms with E-state index in [4.69, 9.17) is 0 Å². The molecular weight excluding hydrogens is 162 g/mol. The van der Waals surface area contributed by atoms with Crippen LogP contribution in [0, 0.1) is 5.41 Å². The second kappa shape index (κ2) is 3.50. The first-order chi connectivity index (χ1) is 5.53. The number of halogens is 2. The molecule has 0 aromatic carbocycles. The van der Waals surface area contributed by atoms with Crippen molar-refractivity contribution in [2.45, 2.75) is 45.5 Å². The van der Waals surface area contributed by atoms with E-state index >= 15 is 0 Å². The maximum atomic E-state index is 11.9. The van der Waals surface area contributed by atoms with E-state index in [-0.39, 0.29) is 11.8 Å². The zero-order chi connectivity index (χ0) is 9.19. The topological polar surface area (TPSA) is 17.1 Å². The Morgan fingerprint density at radius 3 is 2.33 bits per heavy atom. The first-order valence-electron chi connectivity index (χ1n) is 4.34. The molecule has 0 spiro atoms. The van der Waals surface area contributed by atoms with Crippen LogP contribution in [0.1, 0.15) is 39.0 Å². The molecule has 1 fully saturated rings. The number of carbonyl (C=O) groups is 1. The summed E-state index contributed by atoms with van der Waals surface area (Å²) in [4.78, 5) is 10.8. The molecule has 0 bridgehead atoms. The van der Waals surface area contributed by atoms with Gasteiger partial charge >= 0.3 is 0 Å². The van der Waals surface area contributed by atoms with Crippen LogP contribution in [0.2, 0.25) is 0 Å². The number of hydrogen-bond donors (Lipinski definition) is 0. The first-order valence-corrected chi connectivity index (χ1v) is 4.34. The van der Waals surface area contributed by atoms with Crippen LogP contribution in [0.15, 0.2) is 0 Å². The van der Waals surface area contributed by atoms with Crippen LogP contribution in [-0.4, -0.2) is 12.2 Å². The monoisotopic (exact) mass is 176 g/mol. The van der Waals surface area contributed by atoms with Gasteiger partial charge in [-0.05, 0) is 18.3 Å². The number of rotatable bonds is 3. The molecule has 1 aliphatic rings. The van der Waals surface area contributed by atoms with E-state index in [0.717, 1.165) is 25.7 Å². The molecule has 0 atom stereocenters. The van der Waals surface area contributed by atoms with Gasteiger partial charge < -0.3 is 0 Å². The maximum absolute atomic E-state index is 11.9. The van der Waals surface area contributed by atoms with Crippen molar-refractivity contribution in [3.63, 3.8) is 0 Å². The van der Waals surface area contributed by atoms with Crippen LogP contribution < -0.4 is 0 Å². The fourth-order valence-electron chi connectivity index (χ4n) is 1.90. The third-order valence-electron chi connectivity index (χ3n) is 2.66. The van der Waals surface area contributed by atoms with Gasteiger partial charge in [-0.15, -0.1) is 0 Å². The predicted molar refractivity (Wildman–Crippen MR) is 42.2 cm³/mol. The molecule has 0 radical (unpaired) electrons. The lowest BCUT2D eigenvalue weighted by atomic mass is 9.83. The highest BCUT2D eigenvalue weighted by atomic mass is 19.3. The van der Waals surface area contributed by atoms with E-state index in [0.29, 0.717) is 0 Å². The van der Waals surface area contributed by atoms with Gasteiger partial charge in [0.15, 0.2) is 5.78 Å². The molecule has 0 aliphatic heterocycles. The van der Waals surface area contributed by atoms with Gasteiger partial charge in [0.1, 0.15) is 0 Å². The molecule has 0 amide bonds. The van der Waals surface area contributed by atoms with Crippen molar-refractivity contribution >= 4 is 5.78 Å². The minimum Gasteiger partial charge on any atom is -0.293 e. The van der Waals surface area contributed by atoms with E-state index in [9.17, 15) is 13.6 Å². The molecular formula is C9H14F2O. The lowest BCUT2D eigenvalue weighted by Crippen LogP contribution is -2.21. The molecule has 70 valence electrons. The van der Waals surface area contributed by atoms with Gasteiger partial charge in [0, 0.05) is 6.42 Å². The maximum Gasteiger partial charge on any atom is 0.296 e. The van der Waals surface area contributed by atoms with Crippen LogP contribution in [0.5, 0.6) is 0 Å². The molecule has 1 rings (SSSR count). The lowest BCUT2D eigenvalue weighted by molar-refractivity contribution is -0.131. The highest BCUT2D eigenvalue weighted by molar-refractivity contribution is 5.82. The zero-order valence-corrected chi connectivity index (χ0v) is 7.28. The number of carbonyl (C=O) groups excluding carboxylic acids is 1. The van der Waals surface area contributed by atoms with E-state index < -0.39 is 12.2 Å². The first kappa shape index (κ1) is 9.62. The molecule has 0 heterocycles. The molecule has 0 unspecified atom stereocenters. The van der Waals surface area contributed by atoms with Gasteiger partial charge in [-0.3, -0.25) is 4.79 Å². The summed E-state index contributed by atoms with van der Waals surface area (Å²) in [7, 11) is 0. The minimum atomic E-state index is -2.78. The third-order valence-corrected chi connectivity index (χ3v) is 2.66. The van der Waals surface area contributed by atoms with Crippen molar-refractivity contribution in [1.29, 1.82) is 0 Å². The van der Waals surface area contributed by atoms with E-state index in [1.807, 2.05) is 6.92 Å². The molecule has 0 aromatic rings. The summed E-state index contributed by atoms with van der Waals surface area (Å²) in [6.45, 7) is 1.93. The van der Waals surface area contributed by atoms with Gasteiger partial charge in [0.25, 0.3) is 6.43 Å². The molecule has 1 aliphatic carbocycles. The van der Waals surface area contributed by atoms with Crippen molar-refractivity contribution in [2.24, 2.45) is 5.41 Å². The van der Waals surface area contributed by atoms with Gasteiger partial charge in [-0.25, -0.2) is 8.78 Å². The summed E-state index contributed by atoms with van der Waals surface area (Å²) in [6, 6.07) is 0. The van der Waals surface area contributed by atoms with Crippen LogP contribution in [0.3, 0.4) is 0 Å². The predicted octanol–water partition coefficient (Wildman–Crippen LogP) is 2.79. The Kier molecular flexibility index (Phi) is 2.80. The molecule has 1 nitrogen and oxygen atoms in total. The lowest BCUT2D eigenvalue weighted by Gasteiger charge is -2.21. The average Bonchev–Trinajstić information content (AvgIpc) is 2.35. The van der Waals surface area contributed by atoms with Crippen LogP contribution >= 0.6 is 0 Å². The normalized spacial score (nSPS) is 21.7. The smallest absolute Gasteiger partial charge is 0.293 e. The standard InChI is InChI=1S/C9H14F2O/c1-9(4-2-3-5-9)6-7(12)8(10)11/h8H,2-6H2,1H3. The number of ketones is 1. The Morgan fingerprint density at radius 2 is 1.92 bits per heavy atom. The van der Waals surface area contributed by atoms with E-state index in [1.54, 1.807) is 0 Å². The SMILES string of the molecule is CC1(CC(=O)C(F)F)CCCC1. The second-order valence-corrected chi connectivity index (χ2v) is 3.96. The highest BCUT2D eigenvalue weighted by Crippen LogP contribution is 2.40. The van der Waals surface area contributed by atoms with Crippen molar-refractivity contribution in [2.75, 3.05) is 0 Å². The second-order valence-electron chi connectivity index (χ2n) is 3.96. The Bertz CT molecular complexity index is 171. The number of alkyl halides is 2. The molecule has 12 heavy (non-hydrogen) atoms. The van der Waals surface area contributed by atoms with Crippen LogP contribution in [0.4, 0.5) is 8.78 Å². The summed E-state index contributed by atoms with van der Waals surface area (Å²) in [5, 5.41) is 0. The Hall–Kier alpha value is -0.470. The fourth-order valence-corrected chi connectivity index (χ4v) is 1.90. The molecule has 0 aromatic heterocycles. The van der Waals surface area contributed by atoms with Crippen LogP contribution in [-0.2, 0) is 4.79 Å². The van der Waals surface area contributed by atoms with Crippen molar-refractivity contribution in [3.8, 4) is 0 Å². The number of Topliss-reactive ketones (excluding diaryl/α,β-unsaturated/α-hetero) is 1. The van der Waals surface area contributed by atoms with Crippen LogP contribution in [0.25, 0.3) is 0 Å². The van der Waals surface area contributed by atoms with Crippen molar-refractivity contribution in [3.05, 3.63) is 0 Å². The largest absolute Gasteiger partial charge is 0.296 e. The molecule has 3 heteroatoms. The van der Waals surface area contributed by atoms with Gasteiger partial charge in [-0.1, -0.05) is 19.8 Å². The molecule has 0 saturated heterocycles. The zero-order valence-electron chi connectivity index (χ0n) is 7.28. The fraction of sp³-hybridized carbons (Fsp3) is 0.889. The summed E-state index contributed by atoms with van der Waals surface area (Å²) in [6.07, 6.45) is 1.28.